The van der Waals surface area contributed by atoms with Crippen molar-refractivity contribution in [3.8, 4) is 5.69 Å². The van der Waals surface area contributed by atoms with Crippen molar-refractivity contribution in [2.75, 3.05) is 0 Å². The molecule has 0 saturated carbocycles. The van der Waals surface area contributed by atoms with Crippen LogP contribution < -0.4 is 5.56 Å². The van der Waals surface area contributed by atoms with E-state index in [9.17, 15) is 19.7 Å². The van der Waals surface area contributed by atoms with Crippen LogP contribution in [0.1, 0.15) is 16.1 Å². The first-order chi connectivity index (χ1) is 12.9. The lowest BCUT2D eigenvalue weighted by molar-refractivity contribution is -0.384. The van der Waals surface area contributed by atoms with Gasteiger partial charge in [-0.15, -0.1) is 10.2 Å². The Morgan fingerprint density at radius 3 is 2.52 bits per heavy atom. The number of nitrogens with one attached hydrogen (secondary N) is 1. The van der Waals surface area contributed by atoms with E-state index < -0.39 is 22.1 Å². The number of aromatic nitrogens is 2. The molecule has 2 N–H and O–H groups in total. The maximum atomic E-state index is 12.5. The van der Waals surface area contributed by atoms with E-state index in [4.69, 9.17) is 5.11 Å². The summed E-state index contributed by atoms with van der Waals surface area (Å²) in [5.41, 5.74) is -0.361. The van der Waals surface area contributed by atoms with Gasteiger partial charge in [0.2, 0.25) is 0 Å². The minimum absolute atomic E-state index is 0.00420. The minimum Gasteiger partial charge on any atom is -0.478 e. The zero-order chi connectivity index (χ0) is 19.6. The molecule has 10 nitrogen and oxygen atoms in total. The third-order valence-corrected chi connectivity index (χ3v) is 3.73. The number of nitro groups is 1. The smallest absolute Gasteiger partial charge is 0.335 e. The molecule has 0 spiro atoms. The average molecular weight is 367 g/mol. The predicted octanol–water partition coefficient (Wildman–Crippen LogP) is 3.50. The summed E-state index contributed by atoms with van der Waals surface area (Å²) in [4.78, 5) is 33.9. The molecule has 0 saturated heterocycles. The summed E-state index contributed by atoms with van der Waals surface area (Å²) in [5.74, 6) is -1.30. The molecule has 0 bridgehead atoms. The lowest BCUT2D eigenvalue weighted by atomic mass is 10.2. The zero-order valence-corrected chi connectivity index (χ0v) is 14.0. The van der Waals surface area contributed by atoms with E-state index in [0.29, 0.717) is 11.4 Å². The van der Waals surface area contributed by atoms with Crippen LogP contribution in [0.25, 0.3) is 5.69 Å². The van der Waals surface area contributed by atoms with Gasteiger partial charge in [0.1, 0.15) is 0 Å². The highest BCUT2D eigenvalue weighted by Gasteiger charge is 2.18. The van der Waals surface area contributed by atoms with Crippen LogP contribution in [0.3, 0.4) is 0 Å². The number of hydrogen-bond donors (Lipinski definition) is 2. The molecule has 0 atom stereocenters. The molecule has 0 aliphatic heterocycles. The van der Waals surface area contributed by atoms with Crippen LogP contribution in [-0.2, 0) is 0 Å². The first-order valence-corrected chi connectivity index (χ1v) is 7.69. The molecular formula is C17H13N5O5. The maximum Gasteiger partial charge on any atom is 0.335 e. The molecule has 0 unspecified atom stereocenters. The lowest BCUT2D eigenvalue weighted by Crippen LogP contribution is -2.13. The number of benzene rings is 2. The van der Waals surface area contributed by atoms with Gasteiger partial charge in [-0.25, -0.2) is 9.48 Å². The zero-order valence-electron chi connectivity index (χ0n) is 14.0. The molecule has 2 aromatic carbocycles. The first-order valence-electron chi connectivity index (χ1n) is 7.69. The maximum absolute atomic E-state index is 12.5. The van der Waals surface area contributed by atoms with E-state index in [1.165, 1.54) is 16.8 Å². The Morgan fingerprint density at radius 2 is 1.89 bits per heavy atom. The van der Waals surface area contributed by atoms with Crippen LogP contribution in [0.5, 0.6) is 0 Å². The summed E-state index contributed by atoms with van der Waals surface area (Å²) in [6.07, 6.45) is 0. The fourth-order valence-corrected chi connectivity index (χ4v) is 2.41. The first kappa shape index (κ1) is 17.7. The number of hydrogen-bond acceptors (Lipinski definition) is 6. The van der Waals surface area contributed by atoms with E-state index >= 15 is 0 Å². The van der Waals surface area contributed by atoms with Gasteiger partial charge in [0.25, 0.3) is 11.2 Å². The molecule has 0 amide bonds. The van der Waals surface area contributed by atoms with Crippen molar-refractivity contribution in [3.05, 3.63) is 80.3 Å². The fraction of sp³-hybridized carbons (Fsp3) is 0.0588. The summed E-state index contributed by atoms with van der Waals surface area (Å²) >= 11 is 0. The lowest BCUT2D eigenvalue weighted by Gasteiger charge is -1.99. The van der Waals surface area contributed by atoms with E-state index in [-0.39, 0.29) is 16.9 Å². The molecule has 0 aliphatic carbocycles. The number of aromatic amines is 1. The molecule has 0 fully saturated rings. The minimum atomic E-state index is -1.30. The second kappa shape index (κ2) is 7.04. The van der Waals surface area contributed by atoms with Gasteiger partial charge in [0.15, 0.2) is 11.4 Å². The second-order valence-corrected chi connectivity index (χ2v) is 5.53. The number of para-hydroxylation sites is 1. The molecule has 3 aromatic rings. The molecular weight excluding hydrogens is 354 g/mol. The number of nitro benzene ring substituents is 1. The summed E-state index contributed by atoms with van der Waals surface area (Å²) in [6.45, 7) is 1.62. The van der Waals surface area contributed by atoms with Crippen molar-refractivity contribution in [3.63, 3.8) is 0 Å². The van der Waals surface area contributed by atoms with Crippen molar-refractivity contribution in [2.45, 2.75) is 6.92 Å². The Labute approximate surface area is 151 Å². The largest absolute Gasteiger partial charge is 0.478 e. The highest BCUT2D eigenvalue weighted by atomic mass is 16.6. The van der Waals surface area contributed by atoms with Crippen molar-refractivity contribution >= 4 is 23.0 Å². The standard InChI is InChI=1S/C17H13N5O5/c1-10-15(16(23)21(20-10)12-5-3-2-4-6-12)19-18-13-8-7-11(17(24)25)9-14(13)22(26)27/h2-9,20H,1H3,(H,24,25). The van der Waals surface area contributed by atoms with Gasteiger partial charge in [-0.2, -0.15) is 0 Å². The molecule has 0 radical (unpaired) electrons. The number of nitrogens with zero attached hydrogens (tertiary/aromatic N) is 4. The van der Waals surface area contributed by atoms with Crippen molar-refractivity contribution < 1.29 is 14.8 Å². The molecule has 27 heavy (non-hydrogen) atoms. The topological polar surface area (TPSA) is 143 Å². The van der Waals surface area contributed by atoms with Gasteiger partial charge in [-0.1, -0.05) is 18.2 Å². The summed E-state index contributed by atoms with van der Waals surface area (Å²) in [5, 5.41) is 30.6. The number of rotatable bonds is 5. The Bertz CT molecular complexity index is 1110. The number of carboxylic acid groups (broad SMARTS) is 1. The fourth-order valence-electron chi connectivity index (χ4n) is 2.41. The molecule has 1 aromatic heterocycles. The van der Waals surface area contributed by atoms with Gasteiger partial charge in [0, 0.05) is 6.07 Å². The quantitative estimate of drug-likeness (QED) is 0.403. The van der Waals surface area contributed by atoms with E-state index in [1.54, 1.807) is 31.2 Å². The Morgan fingerprint density at radius 1 is 1.19 bits per heavy atom. The predicted molar refractivity (Wildman–Crippen MR) is 95.4 cm³/mol. The van der Waals surface area contributed by atoms with E-state index in [0.717, 1.165) is 6.07 Å². The molecule has 136 valence electrons. The second-order valence-electron chi connectivity index (χ2n) is 5.53. The summed E-state index contributed by atoms with van der Waals surface area (Å²) in [7, 11) is 0. The number of carbonyl (C=O) groups is 1. The Balaban J connectivity index is 2.03. The van der Waals surface area contributed by atoms with Gasteiger partial charge < -0.3 is 5.11 Å². The highest BCUT2D eigenvalue weighted by Crippen LogP contribution is 2.30. The number of H-pyrrole nitrogens is 1. The number of azo groups is 1. The van der Waals surface area contributed by atoms with Gasteiger partial charge in [-0.05, 0) is 31.2 Å². The molecule has 3 rings (SSSR count). The van der Waals surface area contributed by atoms with E-state index in [1.807, 2.05) is 6.07 Å². The number of carboxylic acids is 1. The third-order valence-electron chi connectivity index (χ3n) is 3.73. The SMILES string of the molecule is Cc1[nH]n(-c2ccccc2)c(=O)c1N=Nc1ccc(C(=O)O)cc1[N+](=O)[O-]. The highest BCUT2D eigenvalue weighted by molar-refractivity contribution is 5.89. The number of aromatic carboxylic acids is 1. The van der Waals surface area contributed by atoms with Crippen LogP contribution in [0.4, 0.5) is 17.1 Å². The van der Waals surface area contributed by atoms with Gasteiger partial charge >= 0.3 is 5.97 Å². The number of aryl methyl sites for hydroxylation is 1. The Hall–Kier alpha value is -4.08. The van der Waals surface area contributed by atoms with Crippen LogP contribution in [0.2, 0.25) is 0 Å². The van der Waals surface area contributed by atoms with Crippen LogP contribution in [0.15, 0.2) is 63.6 Å². The average Bonchev–Trinajstić information content (AvgIpc) is 2.94. The van der Waals surface area contributed by atoms with E-state index in [2.05, 4.69) is 15.3 Å². The van der Waals surface area contributed by atoms with Crippen molar-refractivity contribution in [1.29, 1.82) is 0 Å². The Kier molecular flexibility index (Phi) is 4.62. The van der Waals surface area contributed by atoms with Gasteiger partial charge in [0.05, 0.1) is 21.9 Å². The van der Waals surface area contributed by atoms with Crippen LogP contribution >= 0.6 is 0 Å². The summed E-state index contributed by atoms with van der Waals surface area (Å²) in [6, 6.07) is 12.0. The molecule has 0 aliphatic rings. The van der Waals surface area contributed by atoms with Gasteiger partial charge in [-0.3, -0.25) is 20.0 Å². The van der Waals surface area contributed by atoms with Crippen LogP contribution in [-0.4, -0.2) is 25.8 Å². The molecule has 10 heteroatoms. The summed E-state index contributed by atoms with van der Waals surface area (Å²) < 4.78 is 1.28. The molecule has 1 heterocycles. The normalized spacial score (nSPS) is 11.0. The van der Waals surface area contributed by atoms with Crippen LogP contribution in [0, 0.1) is 17.0 Å². The van der Waals surface area contributed by atoms with Crippen molar-refractivity contribution in [1.82, 2.24) is 9.78 Å². The third kappa shape index (κ3) is 3.49. The monoisotopic (exact) mass is 367 g/mol. The van der Waals surface area contributed by atoms with Crippen molar-refractivity contribution in [2.24, 2.45) is 10.2 Å².